The van der Waals surface area contributed by atoms with Crippen molar-refractivity contribution in [3.05, 3.63) is 29.8 Å². The Morgan fingerprint density at radius 1 is 1.14 bits per heavy atom. The molecule has 122 valence electrons. The molecule has 0 spiro atoms. The predicted molar refractivity (Wildman–Crippen MR) is 87.5 cm³/mol. The molecule has 4 nitrogen and oxygen atoms in total. The summed E-state index contributed by atoms with van der Waals surface area (Å²) in [6.07, 6.45) is 2.15. The molecule has 0 aromatic heterocycles. The zero-order valence-corrected chi connectivity index (χ0v) is 13.7. The van der Waals surface area contributed by atoms with Gasteiger partial charge >= 0.3 is 0 Å². The van der Waals surface area contributed by atoms with Gasteiger partial charge in [-0.2, -0.15) is 0 Å². The Morgan fingerprint density at radius 3 is 2.59 bits per heavy atom. The predicted octanol–water partition coefficient (Wildman–Crippen LogP) is 2.87. The highest BCUT2D eigenvalue weighted by molar-refractivity contribution is 5.79. The van der Waals surface area contributed by atoms with E-state index in [9.17, 15) is 4.79 Å². The zero-order valence-electron chi connectivity index (χ0n) is 13.7. The van der Waals surface area contributed by atoms with Crippen LogP contribution in [-0.2, 0) is 4.74 Å². The molecule has 1 saturated heterocycles. The van der Waals surface area contributed by atoms with Gasteiger partial charge in [-0.3, -0.25) is 4.79 Å². The highest BCUT2D eigenvalue weighted by Crippen LogP contribution is 2.20. The fourth-order valence-corrected chi connectivity index (χ4v) is 3.19. The molecule has 1 aliphatic rings. The summed E-state index contributed by atoms with van der Waals surface area (Å²) < 4.78 is 11.2. The van der Waals surface area contributed by atoms with E-state index in [4.69, 9.17) is 9.47 Å². The highest BCUT2D eigenvalue weighted by Gasteiger charge is 2.21. The van der Waals surface area contributed by atoms with E-state index in [-0.39, 0.29) is 0 Å². The van der Waals surface area contributed by atoms with E-state index in [1.807, 2.05) is 12.1 Å². The standard InChI is InChI=1S/C18H27NO3/c1-15-11-16(2)13-19(12-15)7-8-21-9-10-22-18-6-4-3-5-17(18)14-20/h3-6,14-16H,7-13H2,1-2H3/t15-,16+. The molecule has 1 aromatic carbocycles. The number of benzene rings is 1. The van der Waals surface area contributed by atoms with Crippen molar-refractivity contribution in [2.75, 3.05) is 39.5 Å². The number of nitrogens with zero attached hydrogens (tertiary/aromatic N) is 1. The highest BCUT2D eigenvalue weighted by atomic mass is 16.5. The summed E-state index contributed by atoms with van der Waals surface area (Å²) in [5.74, 6) is 2.19. The first-order valence-corrected chi connectivity index (χ1v) is 8.16. The Bertz CT molecular complexity index is 453. The first-order chi connectivity index (χ1) is 10.7. The second-order valence-electron chi connectivity index (χ2n) is 6.32. The third-order valence-corrected chi connectivity index (χ3v) is 4.03. The van der Waals surface area contributed by atoms with Crippen LogP contribution < -0.4 is 4.74 Å². The maximum absolute atomic E-state index is 10.9. The van der Waals surface area contributed by atoms with Crippen molar-refractivity contribution in [1.29, 1.82) is 0 Å². The molecule has 0 unspecified atom stereocenters. The van der Waals surface area contributed by atoms with Gasteiger partial charge < -0.3 is 14.4 Å². The summed E-state index contributed by atoms with van der Waals surface area (Å²) >= 11 is 0. The molecule has 1 aromatic rings. The SMILES string of the molecule is C[C@@H]1C[C@H](C)CN(CCOCCOc2ccccc2C=O)C1. The van der Waals surface area contributed by atoms with E-state index < -0.39 is 0 Å². The van der Waals surface area contributed by atoms with Gasteiger partial charge in [0.1, 0.15) is 12.4 Å². The minimum atomic E-state index is 0.470. The third-order valence-electron chi connectivity index (χ3n) is 4.03. The van der Waals surface area contributed by atoms with Gasteiger partial charge in [0, 0.05) is 19.6 Å². The van der Waals surface area contributed by atoms with Crippen LogP contribution in [-0.4, -0.2) is 50.6 Å². The molecular formula is C18H27NO3. The molecule has 1 fully saturated rings. The number of para-hydroxylation sites is 1. The van der Waals surface area contributed by atoms with Crippen LogP contribution in [0, 0.1) is 11.8 Å². The van der Waals surface area contributed by atoms with Gasteiger partial charge in [0.15, 0.2) is 6.29 Å². The van der Waals surface area contributed by atoms with Crippen molar-refractivity contribution >= 4 is 6.29 Å². The first-order valence-electron chi connectivity index (χ1n) is 8.16. The van der Waals surface area contributed by atoms with Crippen LogP contribution in [0.4, 0.5) is 0 Å². The van der Waals surface area contributed by atoms with E-state index in [2.05, 4.69) is 18.7 Å². The Labute approximate surface area is 133 Å². The quantitative estimate of drug-likeness (QED) is 0.547. The molecule has 2 rings (SSSR count). The normalized spacial score (nSPS) is 22.5. The number of carbonyl (C=O) groups is 1. The molecule has 0 aliphatic carbocycles. The van der Waals surface area contributed by atoms with Crippen LogP contribution in [0.5, 0.6) is 5.75 Å². The van der Waals surface area contributed by atoms with Crippen molar-refractivity contribution in [3.63, 3.8) is 0 Å². The number of likely N-dealkylation sites (tertiary alicyclic amines) is 1. The Morgan fingerprint density at radius 2 is 1.86 bits per heavy atom. The van der Waals surface area contributed by atoms with E-state index in [1.54, 1.807) is 12.1 Å². The molecule has 0 N–H and O–H groups in total. The summed E-state index contributed by atoms with van der Waals surface area (Å²) in [6, 6.07) is 7.25. The van der Waals surface area contributed by atoms with Crippen LogP contribution >= 0.6 is 0 Å². The molecule has 2 atom stereocenters. The summed E-state index contributed by atoms with van der Waals surface area (Å²) in [6.45, 7) is 9.74. The zero-order chi connectivity index (χ0) is 15.8. The summed E-state index contributed by atoms with van der Waals surface area (Å²) in [5, 5.41) is 0. The molecular weight excluding hydrogens is 278 g/mol. The van der Waals surface area contributed by atoms with E-state index in [0.717, 1.165) is 31.3 Å². The number of hydrogen-bond donors (Lipinski definition) is 0. The van der Waals surface area contributed by atoms with Gasteiger partial charge in [0.25, 0.3) is 0 Å². The van der Waals surface area contributed by atoms with Crippen LogP contribution in [0.15, 0.2) is 24.3 Å². The van der Waals surface area contributed by atoms with Gasteiger partial charge in [-0.15, -0.1) is 0 Å². The summed E-state index contributed by atoms with van der Waals surface area (Å²) in [5.41, 5.74) is 0.582. The molecule has 4 heteroatoms. The smallest absolute Gasteiger partial charge is 0.153 e. The van der Waals surface area contributed by atoms with E-state index in [0.29, 0.717) is 24.5 Å². The molecule has 0 radical (unpaired) electrons. The molecule has 0 bridgehead atoms. The summed E-state index contributed by atoms with van der Waals surface area (Å²) in [4.78, 5) is 13.4. The Balaban J connectivity index is 1.59. The lowest BCUT2D eigenvalue weighted by Crippen LogP contribution is -2.40. The lowest BCUT2D eigenvalue weighted by atomic mass is 9.92. The second kappa shape index (κ2) is 8.91. The van der Waals surface area contributed by atoms with E-state index in [1.165, 1.54) is 19.5 Å². The maximum atomic E-state index is 10.9. The second-order valence-corrected chi connectivity index (χ2v) is 6.32. The summed E-state index contributed by atoms with van der Waals surface area (Å²) in [7, 11) is 0. The van der Waals surface area contributed by atoms with Crippen LogP contribution in [0.3, 0.4) is 0 Å². The largest absolute Gasteiger partial charge is 0.490 e. The fraction of sp³-hybridized carbons (Fsp3) is 0.611. The Hall–Kier alpha value is -1.39. The van der Waals surface area contributed by atoms with Crippen molar-refractivity contribution in [3.8, 4) is 5.75 Å². The number of ether oxygens (including phenoxy) is 2. The van der Waals surface area contributed by atoms with E-state index >= 15 is 0 Å². The average Bonchev–Trinajstić information content (AvgIpc) is 2.50. The molecule has 0 amide bonds. The number of rotatable bonds is 8. The maximum Gasteiger partial charge on any atom is 0.153 e. The van der Waals surface area contributed by atoms with Crippen molar-refractivity contribution in [1.82, 2.24) is 4.90 Å². The Kier molecular flexibility index (Phi) is 6.87. The van der Waals surface area contributed by atoms with Crippen molar-refractivity contribution in [2.45, 2.75) is 20.3 Å². The minimum Gasteiger partial charge on any atom is -0.490 e. The number of carbonyl (C=O) groups excluding carboxylic acids is 1. The van der Waals surface area contributed by atoms with Crippen LogP contribution in [0.2, 0.25) is 0 Å². The average molecular weight is 305 g/mol. The fourth-order valence-electron chi connectivity index (χ4n) is 3.19. The van der Waals surface area contributed by atoms with Crippen molar-refractivity contribution < 1.29 is 14.3 Å². The minimum absolute atomic E-state index is 0.470. The topological polar surface area (TPSA) is 38.8 Å². The van der Waals surface area contributed by atoms with Gasteiger partial charge in [-0.25, -0.2) is 0 Å². The van der Waals surface area contributed by atoms with Gasteiger partial charge in [0.2, 0.25) is 0 Å². The number of aldehydes is 1. The van der Waals surface area contributed by atoms with Crippen LogP contribution in [0.25, 0.3) is 0 Å². The van der Waals surface area contributed by atoms with Crippen molar-refractivity contribution in [2.24, 2.45) is 11.8 Å². The van der Waals surface area contributed by atoms with Gasteiger partial charge in [-0.05, 0) is 30.4 Å². The van der Waals surface area contributed by atoms with Gasteiger partial charge in [-0.1, -0.05) is 26.0 Å². The number of piperidine rings is 1. The van der Waals surface area contributed by atoms with Gasteiger partial charge in [0.05, 0.1) is 18.8 Å². The third kappa shape index (κ3) is 5.43. The number of hydrogen-bond acceptors (Lipinski definition) is 4. The lowest BCUT2D eigenvalue weighted by molar-refractivity contribution is 0.0593. The molecule has 1 aliphatic heterocycles. The monoisotopic (exact) mass is 305 g/mol. The molecule has 0 saturated carbocycles. The molecule has 1 heterocycles. The first kappa shape index (κ1) is 17.0. The lowest BCUT2D eigenvalue weighted by Gasteiger charge is -2.34. The van der Waals surface area contributed by atoms with Crippen LogP contribution in [0.1, 0.15) is 30.6 Å². The molecule has 22 heavy (non-hydrogen) atoms.